The molecule has 12 heteroatoms. The summed E-state index contributed by atoms with van der Waals surface area (Å²) in [6, 6.07) is 6.06. The predicted molar refractivity (Wildman–Crippen MR) is 95.4 cm³/mol. The van der Waals surface area contributed by atoms with Gasteiger partial charge in [-0.15, -0.1) is 11.3 Å². The number of hydrogen-bond acceptors (Lipinski definition) is 7. The summed E-state index contributed by atoms with van der Waals surface area (Å²) in [5, 5.41) is 16.2. The molecule has 0 amide bonds. The Morgan fingerprint density at radius 2 is 2.07 bits per heavy atom. The quantitative estimate of drug-likeness (QED) is 0.644. The van der Waals surface area contributed by atoms with Crippen molar-refractivity contribution in [2.45, 2.75) is 31.5 Å². The van der Waals surface area contributed by atoms with Crippen LogP contribution in [0.2, 0.25) is 5.02 Å². The third-order valence-electron chi connectivity index (χ3n) is 3.81. The van der Waals surface area contributed by atoms with Gasteiger partial charge in [-0.3, -0.25) is 0 Å². The Kier molecular flexibility index (Phi) is 6.16. The molecule has 0 radical (unpaired) electrons. The van der Waals surface area contributed by atoms with Crippen LogP contribution in [0.1, 0.15) is 29.2 Å². The Morgan fingerprint density at radius 1 is 1.36 bits per heavy atom. The van der Waals surface area contributed by atoms with Crippen molar-refractivity contribution in [1.82, 2.24) is 20.4 Å². The highest BCUT2D eigenvalue weighted by Gasteiger charge is 2.38. The maximum Gasteiger partial charge on any atom is 0.490 e. The molecular formula is C16H14ClF3N4O3S. The fourth-order valence-corrected chi connectivity index (χ4v) is 3.40. The largest absolute Gasteiger partial charge is 0.490 e. The van der Waals surface area contributed by atoms with Crippen LogP contribution in [-0.2, 0) is 17.6 Å². The van der Waals surface area contributed by atoms with Crippen LogP contribution in [-0.4, -0.2) is 38.9 Å². The number of aromatic nitrogens is 3. The van der Waals surface area contributed by atoms with E-state index < -0.39 is 12.1 Å². The highest BCUT2D eigenvalue weighted by Crippen LogP contribution is 2.26. The molecule has 1 aliphatic heterocycles. The van der Waals surface area contributed by atoms with Crippen LogP contribution in [0.15, 0.2) is 22.7 Å². The van der Waals surface area contributed by atoms with E-state index in [1.807, 2.05) is 18.2 Å². The van der Waals surface area contributed by atoms with Gasteiger partial charge in [0.05, 0.1) is 21.3 Å². The molecule has 0 saturated carbocycles. The third kappa shape index (κ3) is 5.18. The second-order valence-electron chi connectivity index (χ2n) is 5.86. The number of carbonyl (C=O) groups is 1. The van der Waals surface area contributed by atoms with E-state index in [1.54, 1.807) is 11.3 Å². The van der Waals surface area contributed by atoms with Gasteiger partial charge >= 0.3 is 12.1 Å². The first-order chi connectivity index (χ1) is 13.2. The number of hydrogen-bond donors (Lipinski definition) is 2. The summed E-state index contributed by atoms with van der Waals surface area (Å²) in [6.45, 7) is 1.03. The lowest BCUT2D eigenvalue weighted by Gasteiger charge is -2.23. The van der Waals surface area contributed by atoms with E-state index in [4.69, 9.17) is 26.0 Å². The fourth-order valence-electron chi connectivity index (χ4n) is 2.29. The van der Waals surface area contributed by atoms with Gasteiger partial charge < -0.3 is 14.9 Å². The van der Waals surface area contributed by atoms with Crippen molar-refractivity contribution in [3.8, 4) is 0 Å². The van der Waals surface area contributed by atoms with Gasteiger partial charge in [0, 0.05) is 17.9 Å². The van der Waals surface area contributed by atoms with Crippen molar-refractivity contribution in [3.63, 3.8) is 0 Å². The molecule has 0 bridgehead atoms. The number of aryl methyl sites for hydroxylation is 2. The first kappa shape index (κ1) is 20.5. The monoisotopic (exact) mass is 434 g/mol. The van der Waals surface area contributed by atoms with E-state index in [0.29, 0.717) is 17.3 Å². The highest BCUT2D eigenvalue weighted by atomic mass is 35.5. The van der Waals surface area contributed by atoms with E-state index in [1.165, 1.54) is 0 Å². The van der Waals surface area contributed by atoms with Gasteiger partial charge in [0.15, 0.2) is 5.82 Å². The number of fused-ring (bicyclic) bond motifs is 1. The van der Waals surface area contributed by atoms with E-state index in [2.05, 4.69) is 20.4 Å². The normalized spacial score (nSPS) is 16.4. The number of rotatable bonds is 4. The second kappa shape index (κ2) is 8.41. The van der Waals surface area contributed by atoms with Gasteiger partial charge in [-0.05, 0) is 31.2 Å². The lowest BCUT2D eigenvalue weighted by atomic mass is 10.1. The number of aliphatic carboxylic acids is 1. The number of halogens is 4. The van der Waals surface area contributed by atoms with Crippen LogP contribution in [0.3, 0.4) is 0 Å². The Hall–Kier alpha value is -2.24. The maximum absolute atomic E-state index is 10.6. The lowest BCUT2D eigenvalue weighted by molar-refractivity contribution is -0.192. The molecule has 1 aliphatic rings. The SMILES string of the molecule is Clc1ccc2sc(CCc3nc(C4CCN4)no3)nc2c1.O=C(O)C(F)(F)F. The van der Waals surface area contributed by atoms with Crippen molar-refractivity contribution in [2.75, 3.05) is 6.54 Å². The van der Waals surface area contributed by atoms with Crippen LogP contribution in [0, 0.1) is 0 Å². The fraction of sp³-hybridized carbons (Fsp3) is 0.375. The van der Waals surface area contributed by atoms with Crippen molar-refractivity contribution >= 4 is 39.1 Å². The number of nitrogens with one attached hydrogen (secondary N) is 1. The molecule has 1 saturated heterocycles. The molecule has 28 heavy (non-hydrogen) atoms. The van der Waals surface area contributed by atoms with Crippen molar-refractivity contribution in [2.24, 2.45) is 0 Å². The van der Waals surface area contributed by atoms with Crippen LogP contribution >= 0.6 is 22.9 Å². The summed E-state index contributed by atoms with van der Waals surface area (Å²) < 4.78 is 38.2. The summed E-state index contributed by atoms with van der Waals surface area (Å²) in [4.78, 5) is 17.9. The molecule has 0 spiro atoms. The smallest absolute Gasteiger partial charge is 0.475 e. The van der Waals surface area contributed by atoms with Gasteiger partial charge in [0.2, 0.25) is 5.89 Å². The minimum absolute atomic E-state index is 0.270. The lowest BCUT2D eigenvalue weighted by Crippen LogP contribution is -2.35. The Labute approximate surface area is 165 Å². The Balaban J connectivity index is 0.000000279. The minimum atomic E-state index is -5.08. The van der Waals surface area contributed by atoms with E-state index in [-0.39, 0.29) is 6.04 Å². The predicted octanol–water partition coefficient (Wildman–Crippen LogP) is 3.79. The van der Waals surface area contributed by atoms with E-state index in [9.17, 15) is 13.2 Å². The maximum atomic E-state index is 10.6. The number of nitrogens with zero attached hydrogens (tertiary/aromatic N) is 3. The summed E-state index contributed by atoms with van der Waals surface area (Å²) >= 11 is 7.66. The number of carboxylic acids is 1. The zero-order valence-electron chi connectivity index (χ0n) is 14.2. The molecule has 2 aromatic heterocycles. The average molecular weight is 435 g/mol. The summed E-state index contributed by atoms with van der Waals surface area (Å²) in [5.41, 5.74) is 0.951. The van der Waals surface area contributed by atoms with Gasteiger partial charge in [-0.2, -0.15) is 18.2 Å². The zero-order chi connectivity index (χ0) is 20.3. The van der Waals surface area contributed by atoms with Crippen LogP contribution in [0.25, 0.3) is 10.2 Å². The first-order valence-electron chi connectivity index (χ1n) is 8.13. The van der Waals surface area contributed by atoms with E-state index in [0.717, 1.165) is 40.4 Å². The van der Waals surface area contributed by atoms with Crippen molar-refractivity contribution in [3.05, 3.63) is 39.9 Å². The number of alkyl halides is 3. The molecular weight excluding hydrogens is 421 g/mol. The average Bonchev–Trinajstić information content (AvgIpc) is 3.17. The third-order valence-corrected chi connectivity index (χ3v) is 5.14. The number of benzene rings is 1. The van der Waals surface area contributed by atoms with Crippen LogP contribution < -0.4 is 5.32 Å². The van der Waals surface area contributed by atoms with Crippen molar-refractivity contribution in [1.29, 1.82) is 0 Å². The number of carboxylic acid groups (broad SMARTS) is 1. The summed E-state index contributed by atoms with van der Waals surface area (Å²) in [5.74, 6) is -1.31. The molecule has 150 valence electrons. The molecule has 7 nitrogen and oxygen atoms in total. The van der Waals surface area contributed by atoms with Gasteiger partial charge in [0.1, 0.15) is 0 Å². The summed E-state index contributed by atoms with van der Waals surface area (Å²) in [7, 11) is 0. The molecule has 3 heterocycles. The first-order valence-corrected chi connectivity index (χ1v) is 9.33. The van der Waals surface area contributed by atoms with Gasteiger partial charge in [-0.1, -0.05) is 16.8 Å². The second-order valence-corrected chi connectivity index (χ2v) is 7.42. The van der Waals surface area contributed by atoms with Crippen LogP contribution in [0.5, 0.6) is 0 Å². The Bertz CT molecular complexity index is 972. The number of thiazole rings is 1. The molecule has 4 rings (SSSR count). The standard InChI is InChI=1S/C14H13ClN4OS.C2HF3O2/c15-8-1-2-11-10(7-8)17-13(21-11)4-3-12-18-14(19-20-12)9-5-6-16-9;3-2(4,5)1(6)7/h1-2,7,9,16H,3-6H2;(H,6,7). The molecule has 2 N–H and O–H groups in total. The minimum Gasteiger partial charge on any atom is -0.475 e. The topological polar surface area (TPSA) is 101 Å². The van der Waals surface area contributed by atoms with E-state index >= 15 is 0 Å². The molecule has 0 aliphatic carbocycles. The zero-order valence-corrected chi connectivity index (χ0v) is 15.7. The van der Waals surface area contributed by atoms with Crippen molar-refractivity contribution < 1.29 is 27.6 Å². The Morgan fingerprint density at radius 3 is 2.68 bits per heavy atom. The molecule has 1 aromatic carbocycles. The molecule has 1 atom stereocenters. The van der Waals surface area contributed by atoms with Gasteiger partial charge in [0.25, 0.3) is 0 Å². The van der Waals surface area contributed by atoms with Gasteiger partial charge in [-0.25, -0.2) is 9.78 Å². The molecule has 3 aromatic rings. The van der Waals surface area contributed by atoms with Crippen LogP contribution in [0.4, 0.5) is 13.2 Å². The summed E-state index contributed by atoms with van der Waals surface area (Å²) in [6.07, 6.45) is -2.48. The highest BCUT2D eigenvalue weighted by molar-refractivity contribution is 7.18. The molecule has 1 fully saturated rings. The molecule has 1 unspecified atom stereocenters.